The van der Waals surface area contributed by atoms with Crippen LogP contribution in [-0.2, 0) is 11.3 Å². The topological polar surface area (TPSA) is 86.1 Å². The summed E-state index contributed by atoms with van der Waals surface area (Å²) in [7, 11) is 0. The van der Waals surface area contributed by atoms with Gasteiger partial charge in [-0.1, -0.05) is 29.5 Å². The largest absolute Gasteiger partial charge is 0.494 e. The fraction of sp³-hybridized carbons (Fsp3) is 0.158. The molecule has 4 rings (SSSR count). The van der Waals surface area contributed by atoms with Crippen LogP contribution in [-0.4, -0.2) is 27.3 Å². The van der Waals surface area contributed by atoms with Gasteiger partial charge < -0.3 is 10.1 Å². The van der Waals surface area contributed by atoms with E-state index in [0.717, 1.165) is 26.0 Å². The predicted molar refractivity (Wildman–Crippen MR) is 105 cm³/mol. The Morgan fingerprint density at radius 3 is 2.96 bits per heavy atom. The lowest BCUT2D eigenvalue weighted by Crippen LogP contribution is -2.29. The van der Waals surface area contributed by atoms with Gasteiger partial charge in [0.15, 0.2) is 5.13 Å². The Kier molecular flexibility index (Phi) is 4.55. The van der Waals surface area contributed by atoms with Crippen molar-refractivity contribution >= 4 is 43.4 Å². The van der Waals surface area contributed by atoms with Crippen LogP contribution in [0.5, 0.6) is 5.75 Å². The van der Waals surface area contributed by atoms with Crippen LogP contribution in [0.1, 0.15) is 6.92 Å². The quantitative estimate of drug-likeness (QED) is 0.575. The summed E-state index contributed by atoms with van der Waals surface area (Å²) >= 11 is 1.35. The minimum Gasteiger partial charge on any atom is -0.494 e. The number of thiazole rings is 1. The molecule has 0 atom stereocenters. The van der Waals surface area contributed by atoms with E-state index in [2.05, 4.69) is 15.4 Å². The second-order valence-corrected chi connectivity index (χ2v) is 6.86. The summed E-state index contributed by atoms with van der Waals surface area (Å²) in [5.74, 6) is 0.405. The second-order valence-electron chi connectivity index (χ2n) is 5.82. The van der Waals surface area contributed by atoms with Gasteiger partial charge in [0.25, 0.3) is 5.56 Å². The molecule has 2 aromatic carbocycles. The fourth-order valence-electron chi connectivity index (χ4n) is 2.75. The molecule has 0 unspecified atom stereocenters. The minimum atomic E-state index is -0.357. The highest BCUT2D eigenvalue weighted by molar-refractivity contribution is 7.22. The van der Waals surface area contributed by atoms with Gasteiger partial charge in [-0.25, -0.2) is 9.67 Å². The van der Waals surface area contributed by atoms with Crippen LogP contribution < -0.4 is 15.6 Å². The van der Waals surface area contributed by atoms with Gasteiger partial charge in [-0.15, -0.1) is 0 Å². The average Bonchev–Trinajstić information content (AvgIpc) is 3.06. The summed E-state index contributed by atoms with van der Waals surface area (Å²) < 4.78 is 7.54. The van der Waals surface area contributed by atoms with Gasteiger partial charge in [-0.05, 0) is 31.2 Å². The smallest absolute Gasteiger partial charge is 0.275 e. The number of amides is 1. The Balaban J connectivity index is 1.53. The molecular formula is C19H16N4O3S. The van der Waals surface area contributed by atoms with Gasteiger partial charge in [0, 0.05) is 5.39 Å². The summed E-state index contributed by atoms with van der Waals surface area (Å²) in [6, 6.07) is 12.7. The number of ether oxygens (including phenoxy) is 1. The lowest BCUT2D eigenvalue weighted by atomic mass is 10.2. The second kappa shape index (κ2) is 7.16. The fourth-order valence-corrected chi connectivity index (χ4v) is 3.66. The Morgan fingerprint density at radius 1 is 1.26 bits per heavy atom. The number of carbonyl (C=O) groups excluding carboxylic acids is 1. The Labute approximate surface area is 158 Å². The maximum absolute atomic E-state index is 12.4. The van der Waals surface area contributed by atoms with Crippen molar-refractivity contribution in [2.75, 3.05) is 11.9 Å². The van der Waals surface area contributed by atoms with Crippen molar-refractivity contribution in [3.05, 3.63) is 59.0 Å². The summed E-state index contributed by atoms with van der Waals surface area (Å²) in [5.41, 5.74) is 0.480. The van der Waals surface area contributed by atoms with E-state index in [-0.39, 0.29) is 18.0 Å². The van der Waals surface area contributed by atoms with Gasteiger partial charge in [-0.3, -0.25) is 9.59 Å². The third kappa shape index (κ3) is 3.52. The standard InChI is InChI=1S/C19H16N4O3S/c1-2-26-13-7-8-15-16(9-13)27-19(21-15)22-17(24)11-23-18(25)14-6-4-3-5-12(14)10-20-23/h3-10H,2,11H2,1H3,(H,21,22,24). The molecule has 4 aromatic rings. The van der Waals surface area contributed by atoms with Crippen LogP contribution in [0.4, 0.5) is 5.13 Å². The van der Waals surface area contributed by atoms with E-state index < -0.39 is 0 Å². The molecule has 0 aliphatic carbocycles. The van der Waals surface area contributed by atoms with E-state index in [1.54, 1.807) is 18.3 Å². The summed E-state index contributed by atoms with van der Waals surface area (Å²) in [6.45, 7) is 2.33. The number of rotatable bonds is 5. The molecule has 1 amide bonds. The zero-order chi connectivity index (χ0) is 18.8. The molecule has 0 spiro atoms. The molecule has 136 valence electrons. The van der Waals surface area contributed by atoms with E-state index in [1.165, 1.54) is 11.3 Å². The normalized spacial score (nSPS) is 11.0. The maximum atomic E-state index is 12.4. The van der Waals surface area contributed by atoms with Gasteiger partial charge >= 0.3 is 0 Å². The van der Waals surface area contributed by atoms with E-state index in [4.69, 9.17) is 4.74 Å². The highest BCUT2D eigenvalue weighted by atomic mass is 32.1. The molecular weight excluding hydrogens is 364 g/mol. The van der Waals surface area contributed by atoms with Gasteiger partial charge in [-0.2, -0.15) is 5.10 Å². The Bertz CT molecular complexity index is 1200. The molecule has 8 heteroatoms. The number of hydrogen-bond acceptors (Lipinski definition) is 6. The molecule has 0 fully saturated rings. The van der Waals surface area contributed by atoms with Crippen molar-refractivity contribution < 1.29 is 9.53 Å². The maximum Gasteiger partial charge on any atom is 0.275 e. The first-order chi connectivity index (χ1) is 13.1. The van der Waals surface area contributed by atoms with Crippen molar-refractivity contribution in [3.8, 4) is 5.75 Å². The van der Waals surface area contributed by atoms with E-state index >= 15 is 0 Å². The Morgan fingerprint density at radius 2 is 2.11 bits per heavy atom. The van der Waals surface area contributed by atoms with Crippen LogP contribution in [0.2, 0.25) is 0 Å². The summed E-state index contributed by atoms with van der Waals surface area (Å²) in [4.78, 5) is 29.2. The van der Waals surface area contributed by atoms with Crippen molar-refractivity contribution in [3.63, 3.8) is 0 Å². The minimum absolute atomic E-state index is 0.177. The third-order valence-electron chi connectivity index (χ3n) is 3.97. The van der Waals surface area contributed by atoms with E-state index in [1.807, 2.05) is 37.3 Å². The number of benzene rings is 2. The predicted octanol–water partition coefficient (Wildman–Crippen LogP) is 3.04. The summed E-state index contributed by atoms with van der Waals surface area (Å²) in [6.07, 6.45) is 1.58. The van der Waals surface area contributed by atoms with Crippen LogP contribution >= 0.6 is 11.3 Å². The first-order valence-corrected chi connectivity index (χ1v) is 9.24. The zero-order valence-electron chi connectivity index (χ0n) is 14.5. The molecule has 0 saturated heterocycles. The van der Waals surface area contributed by atoms with Gasteiger partial charge in [0.2, 0.25) is 5.91 Å². The molecule has 0 bridgehead atoms. The Hall–Kier alpha value is -3.26. The number of anilines is 1. The van der Waals surface area contributed by atoms with Crippen LogP contribution in [0.15, 0.2) is 53.5 Å². The van der Waals surface area contributed by atoms with E-state index in [9.17, 15) is 9.59 Å². The molecule has 27 heavy (non-hydrogen) atoms. The monoisotopic (exact) mass is 380 g/mol. The molecule has 2 heterocycles. The number of hydrogen-bond donors (Lipinski definition) is 1. The highest BCUT2D eigenvalue weighted by Gasteiger charge is 2.12. The SMILES string of the molecule is CCOc1ccc2nc(NC(=O)Cn3ncc4ccccc4c3=O)sc2c1. The average molecular weight is 380 g/mol. The first-order valence-electron chi connectivity index (χ1n) is 8.42. The lowest BCUT2D eigenvalue weighted by Gasteiger charge is -2.05. The molecule has 1 N–H and O–H groups in total. The van der Waals surface area contributed by atoms with Crippen LogP contribution in [0, 0.1) is 0 Å². The third-order valence-corrected chi connectivity index (χ3v) is 4.91. The van der Waals surface area contributed by atoms with Crippen molar-refractivity contribution in [2.45, 2.75) is 13.5 Å². The van der Waals surface area contributed by atoms with Crippen molar-refractivity contribution in [1.82, 2.24) is 14.8 Å². The van der Waals surface area contributed by atoms with Crippen molar-refractivity contribution in [1.29, 1.82) is 0 Å². The molecule has 0 aliphatic rings. The number of nitrogens with one attached hydrogen (secondary N) is 1. The van der Waals surface area contributed by atoms with Gasteiger partial charge in [0.05, 0.1) is 28.4 Å². The van der Waals surface area contributed by atoms with Crippen LogP contribution in [0.3, 0.4) is 0 Å². The molecule has 7 nitrogen and oxygen atoms in total. The van der Waals surface area contributed by atoms with E-state index in [0.29, 0.717) is 17.1 Å². The number of aromatic nitrogens is 3. The van der Waals surface area contributed by atoms with Crippen LogP contribution in [0.25, 0.3) is 21.0 Å². The highest BCUT2D eigenvalue weighted by Crippen LogP contribution is 2.29. The summed E-state index contributed by atoms with van der Waals surface area (Å²) in [5, 5.41) is 8.55. The lowest BCUT2D eigenvalue weighted by molar-refractivity contribution is -0.117. The number of fused-ring (bicyclic) bond motifs is 2. The van der Waals surface area contributed by atoms with Crippen molar-refractivity contribution in [2.24, 2.45) is 0 Å². The first kappa shape index (κ1) is 17.2. The zero-order valence-corrected chi connectivity index (χ0v) is 15.3. The molecule has 0 saturated carbocycles. The molecule has 0 aliphatic heterocycles. The van der Waals surface area contributed by atoms with Gasteiger partial charge in [0.1, 0.15) is 12.3 Å². The molecule has 0 radical (unpaired) electrons. The number of carbonyl (C=O) groups is 1. The molecule has 2 aromatic heterocycles. The number of nitrogens with zero attached hydrogens (tertiary/aromatic N) is 3.